The van der Waals surface area contributed by atoms with Crippen molar-refractivity contribution in [1.82, 2.24) is 14.7 Å². The second-order valence-electron chi connectivity index (χ2n) is 5.03. The van der Waals surface area contributed by atoms with E-state index in [1.54, 1.807) is 11.3 Å². The van der Waals surface area contributed by atoms with Gasteiger partial charge in [0.1, 0.15) is 16.5 Å². The van der Waals surface area contributed by atoms with Crippen LogP contribution in [0.15, 0.2) is 0 Å². The van der Waals surface area contributed by atoms with E-state index in [4.69, 9.17) is 0 Å². The number of anilines is 1. The molecule has 2 N–H and O–H groups in total. The van der Waals surface area contributed by atoms with E-state index in [9.17, 15) is 8.42 Å². The van der Waals surface area contributed by atoms with E-state index in [1.165, 1.54) is 10.4 Å². The molecule has 0 atom stereocenters. The molecule has 0 bridgehead atoms. The van der Waals surface area contributed by atoms with Crippen LogP contribution in [0.5, 0.6) is 0 Å². The molecule has 0 aromatic carbocycles. The van der Waals surface area contributed by atoms with Gasteiger partial charge in [-0.3, -0.25) is 0 Å². The Morgan fingerprint density at radius 3 is 2.52 bits per heavy atom. The standard InChI is InChI=1S/C13H20N4O2S2/c1-8-9(2)20-13-11(8)12(16-10(3)17-13)14-6-5-7-15-21(4,18)19/h15H,5-7H2,1-4H3,(H,14,16,17). The summed E-state index contributed by atoms with van der Waals surface area (Å²) in [6, 6.07) is 0. The Kier molecular flexibility index (Phi) is 4.80. The number of rotatable bonds is 6. The largest absolute Gasteiger partial charge is 0.369 e. The lowest BCUT2D eigenvalue weighted by atomic mass is 10.2. The lowest BCUT2D eigenvalue weighted by molar-refractivity contribution is 0.586. The molecule has 0 spiro atoms. The zero-order valence-electron chi connectivity index (χ0n) is 12.6. The Morgan fingerprint density at radius 1 is 1.14 bits per heavy atom. The number of aryl methyl sites for hydroxylation is 3. The van der Waals surface area contributed by atoms with E-state index in [1.807, 2.05) is 6.92 Å². The molecule has 0 amide bonds. The van der Waals surface area contributed by atoms with Crippen LogP contribution in [-0.4, -0.2) is 37.7 Å². The monoisotopic (exact) mass is 328 g/mol. The van der Waals surface area contributed by atoms with Gasteiger partial charge in [-0.2, -0.15) is 0 Å². The Labute approximate surface area is 129 Å². The minimum Gasteiger partial charge on any atom is -0.369 e. The normalized spacial score (nSPS) is 12.0. The van der Waals surface area contributed by atoms with Gasteiger partial charge in [0, 0.05) is 18.0 Å². The number of nitrogens with zero attached hydrogens (tertiary/aromatic N) is 2. The van der Waals surface area contributed by atoms with Crippen molar-refractivity contribution in [1.29, 1.82) is 0 Å². The van der Waals surface area contributed by atoms with Gasteiger partial charge in [0.25, 0.3) is 0 Å². The smallest absolute Gasteiger partial charge is 0.208 e. The van der Waals surface area contributed by atoms with Crippen LogP contribution in [0.4, 0.5) is 5.82 Å². The van der Waals surface area contributed by atoms with Gasteiger partial charge in [-0.25, -0.2) is 23.1 Å². The predicted octanol–water partition coefficient (Wildman–Crippen LogP) is 1.97. The first-order chi connectivity index (χ1) is 9.78. The molecule has 0 saturated heterocycles. The summed E-state index contributed by atoms with van der Waals surface area (Å²) in [4.78, 5) is 11.2. The molecule has 0 saturated carbocycles. The molecule has 2 rings (SSSR count). The van der Waals surface area contributed by atoms with Gasteiger partial charge in [-0.05, 0) is 32.8 Å². The van der Waals surface area contributed by atoms with E-state index >= 15 is 0 Å². The topological polar surface area (TPSA) is 84.0 Å². The third kappa shape index (κ3) is 4.12. The molecule has 0 aliphatic rings. The summed E-state index contributed by atoms with van der Waals surface area (Å²) in [5, 5.41) is 4.36. The van der Waals surface area contributed by atoms with Gasteiger partial charge in [0.05, 0.1) is 11.6 Å². The highest BCUT2D eigenvalue weighted by atomic mass is 32.2. The van der Waals surface area contributed by atoms with Gasteiger partial charge >= 0.3 is 0 Å². The molecule has 0 radical (unpaired) electrons. The maximum absolute atomic E-state index is 11.0. The average molecular weight is 328 g/mol. The van der Waals surface area contributed by atoms with Gasteiger partial charge < -0.3 is 5.32 Å². The third-order valence-corrected chi connectivity index (χ3v) is 4.98. The Morgan fingerprint density at radius 2 is 1.86 bits per heavy atom. The highest BCUT2D eigenvalue weighted by Crippen LogP contribution is 2.33. The van der Waals surface area contributed by atoms with Crippen molar-refractivity contribution in [3.63, 3.8) is 0 Å². The lowest BCUT2D eigenvalue weighted by Crippen LogP contribution is -2.24. The van der Waals surface area contributed by atoms with Crippen LogP contribution in [0.3, 0.4) is 0 Å². The van der Waals surface area contributed by atoms with Crippen LogP contribution in [0.25, 0.3) is 10.2 Å². The fourth-order valence-corrected chi connectivity index (χ4v) is 3.63. The Bertz CT molecular complexity index is 753. The van der Waals surface area contributed by atoms with Crippen LogP contribution in [0.1, 0.15) is 22.7 Å². The second kappa shape index (κ2) is 6.25. The molecule has 0 aliphatic heterocycles. The van der Waals surface area contributed by atoms with Crippen molar-refractivity contribution in [3.05, 3.63) is 16.3 Å². The number of fused-ring (bicyclic) bond motifs is 1. The molecule has 2 aromatic rings. The molecule has 0 fully saturated rings. The van der Waals surface area contributed by atoms with E-state index in [-0.39, 0.29) is 0 Å². The molecule has 116 valence electrons. The van der Waals surface area contributed by atoms with Crippen molar-refractivity contribution in [2.24, 2.45) is 0 Å². The molecule has 8 heteroatoms. The number of nitrogens with one attached hydrogen (secondary N) is 2. The lowest BCUT2D eigenvalue weighted by Gasteiger charge is -2.08. The van der Waals surface area contributed by atoms with Gasteiger partial charge in [-0.1, -0.05) is 0 Å². The molecule has 0 aliphatic carbocycles. The molecule has 2 heterocycles. The molecular weight excluding hydrogens is 308 g/mol. The predicted molar refractivity (Wildman–Crippen MR) is 87.6 cm³/mol. The first kappa shape index (κ1) is 16.1. The SMILES string of the molecule is Cc1nc(NCCCNS(C)(=O)=O)c2c(C)c(C)sc2n1. The van der Waals surface area contributed by atoms with Crippen molar-refractivity contribution in [2.75, 3.05) is 24.7 Å². The van der Waals surface area contributed by atoms with Gasteiger partial charge in [0.15, 0.2) is 0 Å². The van der Waals surface area contributed by atoms with Crippen molar-refractivity contribution < 1.29 is 8.42 Å². The highest BCUT2D eigenvalue weighted by molar-refractivity contribution is 7.88. The maximum atomic E-state index is 11.0. The first-order valence-electron chi connectivity index (χ1n) is 6.71. The van der Waals surface area contributed by atoms with Crippen molar-refractivity contribution >= 4 is 37.4 Å². The minimum atomic E-state index is -3.12. The van der Waals surface area contributed by atoms with Gasteiger partial charge in [-0.15, -0.1) is 11.3 Å². The van der Waals surface area contributed by atoms with Crippen molar-refractivity contribution in [2.45, 2.75) is 27.2 Å². The molecule has 0 unspecified atom stereocenters. The van der Waals surface area contributed by atoms with Crippen LogP contribution < -0.4 is 10.0 Å². The van der Waals surface area contributed by atoms with Crippen LogP contribution in [0.2, 0.25) is 0 Å². The Balaban J connectivity index is 2.08. The fourth-order valence-electron chi connectivity index (χ4n) is 2.04. The number of thiophene rings is 1. The van der Waals surface area contributed by atoms with Crippen LogP contribution in [-0.2, 0) is 10.0 Å². The summed E-state index contributed by atoms with van der Waals surface area (Å²) in [6.07, 6.45) is 1.86. The van der Waals surface area contributed by atoms with Crippen molar-refractivity contribution in [3.8, 4) is 0 Å². The van der Waals surface area contributed by atoms with E-state index in [0.717, 1.165) is 28.1 Å². The van der Waals surface area contributed by atoms with E-state index < -0.39 is 10.0 Å². The molecule has 2 aromatic heterocycles. The third-order valence-electron chi connectivity index (χ3n) is 3.15. The maximum Gasteiger partial charge on any atom is 0.208 e. The minimum absolute atomic E-state index is 0.417. The summed E-state index contributed by atoms with van der Waals surface area (Å²) in [7, 11) is -3.12. The molecule has 6 nitrogen and oxygen atoms in total. The zero-order chi connectivity index (χ0) is 15.6. The highest BCUT2D eigenvalue weighted by Gasteiger charge is 2.12. The van der Waals surface area contributed by atoms with E-state index in [2.05, 4.69) is 33.9 Å². The number of hydrogen-bond donors (Lipinski definition) is 2. The zero-order valence-corrected chi connectivity index (χ0v) is 14.3. The summed E-state index contributed by atoms with van der Waals surface area (Å²) in [5.74, 6) is 1.57. The summed E-state index contributed by atoms with van der Waals surface area (Å²) in [6.45, 7) is 7.10. The molecule has 21 heavy (non-hydrogen) atoms. The van der Waals surface area contributed by atoms with Crippen LogP contribution in [0, 0.1) is 20.8 Å². The summed E-state index contributed by atoms with van der Waals surface area (Å²) in [5.41, 5.74) is 1.20. The molecular formula is C13H20N4O2S2. The Hall–Kier alpha value is -1.25. The summed E-state index contributed by atoms with van der Waals surface area (Å²) >= 11 is 1.67. The first-order valence-corrected chi connectivity index (χ1v) is 9.41. The second-order valence-corrected chi connectivity index (χ2v) is 8.07. The fraction of sp³-hybridized carbons (Fsp3) is 0.538. The van der Waals surface area contributed by atoms with E-state index in [0.29, 0.717) is 19.5 Å². The van der Waals surface area contributed by atoms with Crippen LogP contribution >= 0.6 is 11.3 Å². The quantitative estimate of drug-likeness (QED) is 0.792. The number of aromatic nitrogens is 2. The van der Waals surface area contributed by atoms with Gasteiger partial charge in [0.2, 0.25) is 10.0 Å². The average Bonchev–Trinajstić information content (AvgIpc) is 2.62. The number of sulfonamides is 1. The number of hydrogen-bond acceptors (Lipinski definition) is 6. The summed E-state index contributed by atoms with van der Waals surface area (Å²) < 4.78 is 24.4.